The second-order valence-corrected chi connectivity index (χ2v) is 8.22. The van der Waals surface area contributed by atoms with Gasteiger partial charge in [0.05, 0.1) is 12.8 Å². The number of pyridine rings is 1. The fourth-order valence-electron chi connectivity index (χ4n) is 3.16. The first-order valence-corrected chi connectivity index (χ1v) is 9.49. The Labute approximate surface area is 165 Å². The van der Waals surface area contributed by atoms with E-state index in [9.17, 15) is 4.79 Å². The van der Waals surface area contributed by atoms with E-state index in [2.05, 4.69) is 61.4 Å². The van der Waals surface area contributed by atoms with Crippen molar-refractivity contribution in [2.45, 2.75) is 45.1 Å². The predicted octanol–water partition coefficient (Wildman–Crippen LogP) is 4.75. The lowest BCUT2D eigenvalue weighted by Gasteiger charge is -2.20. The van der Waals surface area contributed by atoms with E-state index in [1.54, 1.807) is 13.2 Å². The summed E-state index contributed by atoms with van der Waals surface area (Å²) in [5, 5.41) is 3.47. The SMILES string of the molecule is COc1nc(/C(=C/C2CCC(=O)N2)c2ccc(C(C)(C)C)cc2)ccc1Cl. The van der Waals surface area contributed by atoms with E-state index in [-0.39, 0.29) is 17.4 Å². The normalized spacial score (nSPS) is 17.7. The predicted molar refractivity (Wildman–Crippen MR) is 109 cm³/mol. The Morgan fingerprint density at radius 1 is 1.22 bits per heavy atom. The number of carbonyl (C=O) groups is 1. The molecule has 1 saturated heterocycles. The minimum absolute atomic E-state index is 0.00161. The molecule has 2 aromatic rings. The van der Waals surface area contributed by atoms with E-state index in [4.69, 9.17) is 16.3 Å². The lowest BCUT2D eigenvalue weighted by Crippen LogP contribution is -2.23. The molecule has 1 unspecified atom stereocenters. The maximum absolute atomic E-state index is 11.6. The third-order valence-electron chi connectivity index (χ3n) is 4.74. The zero-order valence-corrected chi connectivity index (χ0v) is 16.9. The molecule has 4 nitrogen and oxygen atoms in total. The second-order valence-electron chi connectivity index (χ2n) is 7.81. The Kier molecular flexibility index (Phi) is 5.56. The number of hydrogen-bond donors (Lipinski definition) is 1. The number of ether oxygens (including phenoxy) is 1. The van der Waals surface area contributed by atoms with E-state index in [1.807, 2.05) is 6.07 Å². The van der Waals surface area contributed by atoms with Crippen LogP contribution in [0.25, 0.3) is 5.57 Å². The molecule has 142 valence electrons. The molecule has 0 radical (unpaired) electrons. The highest BCUT2D eigenvalue weighted by Gasteiger charge is 2.21. The molecule has 1 fully saturated rings. The van der Waals surface area contributed by atoms with E-state index in [1.165, 1.54) is 5.56 Å². The van der Waals surface area contributed by atoms with E-state index < -0.39 is 0 Å². The summed E-state index contributed by atoms with van der Waals surface area (Å²) in [5.74, 6) is 0.474. The highest BCUT2D eigenvalue weighted by molar-refractivity contribution is 6.31. The van der Waals surface area contributed by atoms with Gasteiger partial charge in [-0.15, -0.1) is 0 Å². The monoisotopic (exact) mass is 384 g/mol. The molecule has 1 atom stereocenters. The van der Waals surface area contributed by atoms with Crippen LogP contribution in [-0.4, -0.2) is 24.0 Å². The number of halogens is 1. The molecule has 0 bridgehead atoms. The van der Waals surface area contributed by atoms with Gasteiger partial charge in [-0.3, -0.25) is 4.79 Å². The third-order valence-corrected chi connectivity index (χ3v) is 5.03. The Morgan fingerprint density at radius 3 is 2.48 bits per heavy atom. The van der Waals surface area contributed by atoms with Gasteiger partial charge in [-0.05, 0) is 35.1 Å². The number of nitrogens with one attached hydrogen (secondary N) is 1. The molecule has 1 amide bonds. The number of amides is 1. The summed E-state index contributed by atoms with van der Waals surface area (Å²) in [5.41, 5.74) is 4.12. The molecule has 27 heavy (non-hydrogen) atoms. The minimum Gasteiger partial charge on any atom is -0.480 e. The van der Waals surface area contributed by atoms with Crippen LogP contribution in [0.15, 0.2) is 42.5 Å². The lowest BCUT2D eigenvalue weighted by atomic mass is 9.86. The van der Waals surface area contributed by atoms with E-state index >= 15 is 0 Å². The van der Waals surface area contributed by atoms with Gasteiger partial charge in [-0.25, -0.2) is 4.98 Å². The molecule has 1 aromatic heterocycles. The summed E-state index contributed by atoms with van der Waals surface area (Å²) in [7, 11) is 1.55. The molecule has 0 aliphatic carbocycles. The first kappa shape index (κ1) is 19.4. The number of methoxy groups -OCH3 is 1. The highest BCUT2D eigenvalue weighted by Crippen LogP contribution is 2.31. The summed E-state index contributed by atoms with van der Waals surface area (Å²) >= 11 is 6.14. The van der Waals surface area contributed by atoms with Crippen LogP contribution in [0.3, 0.4) is 0 Å². The number of benzene rings is 1. The molecule has 2 heterocycles. The molecule has 1 N–H and O–H groups in total. The first-order chi connectivity index (χ1) is 12.8. The summed E-state index contributed by atoms with van der Waals surface area (Å²) in [6.07, 6.45) is 3.41. The molecule has 1 aromatic carbocycles. The van der Waals surface area contributed by atoms with Gasteiger partial charge < -0.3 is 10.1 Å². The molecule has 5 heteroatoms. The van der Waals surface area contributed by atoms with Gasteiger partial charge >= 0.3 is 0 Å². The van der Waals surface area contributed by atoms with E-state index in [0.717, 1.165) is 23.3 Å². The molecule has 1 aliphatic heterocycles. The van der Waals surface area contributed by atoms with Crippen LogP contribution in [0.1, 0.15) is 50.4 Å². The number of aromatic nitrogens is 1. The van der Waals surface area contributed by atoms with Crippen molar-refractivity contribution in [1.82, 2.24) is 10.3 Å². The molecular weight excluding hydrogens is 360 g/mol. The van der Waals surface area contributed by atoms with Crippen LogP contribution in [0, 0.1) is 0 Å². The van der Waals surface area contributed by atoms with Crippen molar-refractivity contribution in [2.75, 3.05) is 7.11 Å². The molecular formula is C22H25ClN2O2. The maximum Gasteiger partial charge on any atom is 0.232 e. The standard InChI is InChI=1S/C22H25ClN2O2/c1-22(2,3)15-7-5-14(6-8-15)17(13-16-9-12-20(26)24-16)19-11-10-18(23)21(25-19)27-4/h5-8,10-11,13,16H,9,12H2,1-4H3,(H,24,26)/b17-13+. The van der Waals surface area contributed by atoms with Gasteiger partial charge in [0.15, 0.2) is 0 Å². The number of rotatable bonds is 4. The average Bonchev–Trinajstić information content (AvgIpc) is 3.05. The number of carbonyl (C=O) groups excluding carboxylic acids is 1. The van der Waals surface area contributed by atoms with Crippen molar-refractivity contribution in [1.29, 1.82) is 0 Å². The largest absolute Gasteiger partial charge is 0.480 e. The molecule has 1 aliphatic rings. The fraction of sp³-hybridized carbons (Fsp3) is 0.364. The summed E-state index contributed by atoms with van der Waals surface area (Å²) in [6, 6.07) is 12.2. The van der Waals surface area contributed by atoms with Crippen molar-refractivity contribution in [3.8, 4) is 5.88 Å². The summed E-state index contributed by atoms with van der Waals surface area (Å²) in [4.78, 5) is 16.2. The zero-order chi connectivity index (χ0) is 19.6. The average molecular weight is 385 g/mol. The van der Waals surface area contributed by atoms with Gasteiger partial charge in [0.2, 0.25) is 11.8 Å². The van der Waals surface area contributed by atoms with Crippen LogP contribution in [-0.2, 0) is 10.2 Å². The third kappa shape index (κ3) is 4.51. The summed E-state index contributed by atoms with van der Waals surface area (Å²) in [6.45, 7) is 6.58. The first-order valence-electron chi connectivity index (χ1n) is 9.11. The molecule has 0 spiro atoms. The lowest BCUT2D eigenvalue weighted by molar-refractivity contribution is -0.119. The van der Waals surface area contributed by atoms with Gasteiger partial charge in [0, 0.05) is 18.0 Å². The minimum atomic E-state index is -0.00161. The van der Waals surface area contributed by atoms with E-state index in [0.29, 0.717) is 17.3 Å². The number of hydrogen-bond acceptors (Lipinski definition) is 3. The van der Waals surface area contributed by atoms with Gasteiger partial charge in [0.25, 0.3) is 0 Å². The van der Waals surface area contributed by atoms with Crippen LogP contribution in [0.5, 0.6) is 5.88 Å². The van der Waals surface area contributed by atoms with Crippen LogP contribution in [0.2, 0.25) is 5.02 Å². The highest BCUT2D eigenvalue weighted by atomic mass is 35.5. The fourth-order valence-corrected chi connectivity index (χ4v) is 3.34. The molecule has 3 rings (SSSR count). The van der Waals surface area contributed by atoms with Crippen LogP contribution >= 0.6 is 11.6 Å². The second kappa shape index (κ2) is 7.73. The Bertz CT molecular complexity index is 867. The van der Waals surface area contributed by atoms with Crippen molar-refractivity contribution in [3.05, 3.63) is 64.3 Å². The number of nitrogens with zero attached hydrogens (tertiary/aromatic N) is 1. The van der Waals surface area contributed by atoms with Crippen molar-refractivity contribution in [2.24, 2.45) is 0 Å². The summed E-state index contributed by atoms with van der Waals surface area (Å²) < 4.78 is 5.28. The Hall–Kier alpha value is -2.33. The van der Waals surface area contributed by atoms with Crippen molar-refractivity contribution < 1.29 is 9.53 Å². The smallest absolute Gasteiger partial charge is 0.232 e. The van der Waals surface area contributed by atoms with Gasteiger partial charge in [-0.1, -0.05) is 62.7 Å². The molecule has 0 saturated carbocycles. The quantitative estimate of drug-likeness (QED) is 0.827. The van der Waals surface area contributed by atoms with Crippen LogP contribution < -0.4 is 10.1 Å². The van der Waals surface area contributed by atoms with Crippen LogP contribution in [0.4, 0.5) is 0 Å². The van der Waals surface area contributed by atoms with Crippen molar-refractivity contribution >= 4 is 23.1 Å². The Balaban J connectivity index is 2.05. The Morgan fingerprint density at radius 2 is 1.93 bits per heavy atom. The van der Waals surface area contributed by atoms with Crippen molar-refractivity contribution in [3.63, 3.8) is 0 Å². The topological polar surface area (TPSA) is 51.2 Å². The van der Waals surface area contributed by atoms with Gasteiger partial charge in [0.1, 0.15) is 5.02 Å². The zero-order valence-electron chi connectivity index (χ0n) is 16.2. The van der Waals surface area contributed by atoms with Gasteiger partial charge in [-0.2, -0.15) is 0 Å². The maximum atomic E-state index is 11.6.